The molecule has 56 heteroatoms. The lowest BCUT2D eigenvalue weighted by molar-refractivity contribution is -0.137. The molecule has 840 valence electrons. The van der Waals surface area contributed by atoms with E-state index in [0.717, 1.165) is 0 Å². The summed E-state index contributed by atoms with van der Waals surface area (Å²) in [6, 6.07) is 0. The van der Waals surface area contributed by atoms with E-state index in [1.54, 1.807) is 111 Å². The van der Waals surface area contributed by atoms with Gasteiger partial charge < -0.3 is 167 Å². The molecule has 32 N–H and O–H groups in total. The fraction of sp³-hybridized carbons (Fsp3) is 0.818. The van der Waals surface area contributed by atoms with Gasteiger partial charge in [-0.05, 0) is 0 Å². The molecule has 0 aliphatic rings. The number of rotatable bonds is 76. The van der Waals surface area contributed by atoms with Gasteiger partial charge in [-0.3, -0.25) is 76.7 Å². The van der Waals surface area contributed by atoms with Crippen LogP contribution in [0.1, 0.15) is 162 Å². The topological polar surface area (TPSA) is 789 Å². The van der Waals surface area contributed by atoms with Crippen molar-refractivity contribution < 1.29 is 158 Å². The first kappa shape index (κ1) is 144. The van der Waals surface area contributed by atoms with E-state index < -0.39 is 139 Å². The molecule has 0 aliphatic heterocycles. The second-order valence-corrected chi connectivity index (χ2v) is 48.9. The quantitative estimate of drug-likeness (QED) is 0.0199. The monoisotopic (exact) mass is 2220 g/mol. The van der Waals surface area contributed by atoms with E-state index in [9.17, 15) is 158 Å². The lowest BCUT2D eigenvalue weighted by atomic mass is 9.87. The Kier molecular flexibility index (Phi) is 79.7. The molecule has 0 heterocycles. The summed E-state index contributed by atoms with van der Waals surface area (Å²) in [5.41, 5.74) is -7.74. The molecule has 0 spiro atoms. The molecule has 0 rings (SSSR count). The van der Waals surface area contributed by atoms with Crippen LogP contribution < -0.4 is 85.1 Å². The Morgan fingerprint density at radius 3 is 0.319 bits per heavy atom. The first-order valence-electron chi connectivity index (χ1n) is 46.8. The Bertz CT molecular complexity index is 3070. The zero-order valence-electron chi connectivity index (χ0n) is 85.9. The Morgan fingerprint density at radius 2 is 0.243 bits per heavy atom. The minimum atomic E-state index is -1.37. The van der Waals surface area contributed by atoms with E-state index in [0.29, 0.717) is 98.4 Å². The van der Waals surface area contributed by atoms with Crippen LogP contribution in [0, 0.1) is 43.3 Å². The molecular formula is C88H168N16O32S8. The van der Waals surface area contributed by atoms with E-state index >= 15 is 0 Å². The highest BCUT2D eigenvalue weighted by Gasteiger charge is 2.40. The third kappa shape index (κ3) is 68.4. The van der Waals surface area contributed by atoms with Crippen molar-refractivity contribution in [1.29, 1.82) is 0 Å². The third-order valence-electron chi connectivity index (χ3n) is 20.8. The lowest BCUT2D eigenvalue weighted by Crippen LogP contribution is -2.46. The van der Waals surface area contributed by atoms with Crippen LogP contribution in [0.5, 0.6) is 0 Å². The van der Waals surface area contributed by atoms with Crippen LogP contribution in [-0.4, -0.2) is 429 Å². The smallest absolute Gasteiger partial charge is 0.249 e. The van der Waals surface area contributed by atoms with Crippen molar-refractivity contribution in [2.75, 3.05) is 204 Å². The van der Waals surface area contributed by atoms with Crippen LogP contribution >= 0.6 is 86.4 Å². The number of aliphatic hydroxyl groups is 16. The second kappa shape index (κ2) is 79.7. The summed E-state index contributed by atoms with van der Waals surface area (Å²) in [5, 5.41) is 194. The summed E-state index contributed by atoms with van der Waals surface area (Å²) in [6.07, 6.45) is -10.4. The van der Waals surface area contributed by atoms with Gasteiger partial charge in [0.05, 0.1) is 52.9 Å². The van der Waals surface area contributed by atoms with Crippen LogP contribution in [-0.2, 0) is 76.7 Å². The molecule has 144 heavy (non-hydrogen) atoms. The van der Waals surface area contributed by atoms with Gasteiger partial charge in [0, 0.05) is 245 Å². The molecule has 0 unspecified atom stereocenters. The number of hydrogen-bond donors (Lipinski definition) is 32. The Balaban J connectivity index is -0.000000907. The molecule has 0 aromatic heterocycles. The van der Waals surface area contributed by atoms with Crippen molar-refractivity contribution in [3.05, 3.63) is 0 Å². The minimum Gasteiger partial charge on any atom is -0.396 e. The average molecular weight is 2220 g/mol. The highest BCUT2D eigenvalue weighted by Crippen LogP contribution is 2.28. The van der Waals surface area contributed by atoms with Crippen LogP contribution in [0.4, 0.5) is 0 Å². The van der Waals surface area contributed by atoms with E-state index in [1.165, 1.54) is 86.4 Å². The first-order valence-corrected chi connectivity index (χ1v) is 56.7. The highest BCUT2D eigenvalue weighted by molar-refractivity contribution is 8.77. The zero-order chi connectivity index (χ0) is 111. The largest absolute Gasteiger partial charge is 0.396 e. The van der Waals surface area contributed by atoms with E-state index in [4.69, 9.17) is 0 Å². The summed E-state index contributed by atoms with van der Waals surface area (Å²) < 4.78 is 0. The number of hydrogen-bond acceptors (Lipinski definition) is 40. The molecule has 16 amide bonds. The normalized spacial score (nSPS) is 13.4. The standard InChI is InChI=1S/4C22H42N4O8S2/c4*1-21(2,13-27)17(31)19(33)25-7-5-15(29)23-9-11-35-36-12-10-24-16(30)6-8-26-20(34)18(32)22(3,4)14-28/h4*17-18,27-28,31-32H,5-14H2,1-4H3,(H,23,29)(H,24,30)(H,25,33)(H,26,34)/t2*17-,18+;2*17-,18-/m..10/s1. The molecule has 0 saturated carbocycles. The fourth-order valence-corrected chi connectivity index (χ4v) is 17.0. The Hall–Kier alpha value is -6.32. The van der Waals surface area contributed by atoms with Crippen LogP contribution in [0.25, 0.3) is 0 Å². The van der Waals surface area contributed by atoms with Crippen LogP contribution in [0.2, 0.25) is 0 Å². The zero-order valence-corrected chi connectivity index (χ0v) is 92.4. The molecule has 0 fully saturated rings. The van der Waals surface area contributed by atoms with Gasteiger partial charge in [-0.1, -0.05) is 197 Å². The van der Waals surface area contributed by atoms with Crippen molar-refractivity contribution in [2.45, 2.75) is 211 Å². The van der Waals surface area contributed by atoms with Gasteiger partial charge >= 0.3 is 0 Å². The molecule has 48 nitrogen and oxygen atoms in total. The minimum absolute atomic E-state index is 0.0699. The third-order valence-corrected chi connectivity index (χ3v) is 30.4. The Labute approximate surface area is 876 Å². The molecule has 0 saturated heterocycles. The Morgan fingerprint density at radius 1 is 0.160 bits per heavy atom. The first-order chi connectivity index (χ1) is 67.1. The molecule has 0 aromatic carbocycles. The number of carbonyl (C=O) groups excluding carboxylic acids is 16. The van der Waals surface area contributed by atoms with Gasteiger partial charge in [0.2, 0.25) is 94.5 Å². The van der Waals surface area contributed by atoms with Gasteiger partial charge in [-0.15, -0.1) is 0 Å². The summed E-state index contributed by atoms with van der Waals surface area (Å²) in [7, 11) is 12.3. The molecule has 0 radical (unpaired) electrons. The number of aliphatic hydroxyl groups excluding tert-OH is 16. The molecule has 0 aromatic rings. The maximum absolute atomic E-state index is 11.8. The lowest BCUT2D eigenvalue weighted by Gasteiger charge is -2.27. The maximum Gasteiger partial charge on any atom is 0.249 e. The van der Waals surface area contributed by atoms with Gasteiger partial charge in [-0.2, -0.15) is 0 Å². The molecule has 8 atom stereocenters. The highest BCUT2D eigenvalue weighted by atomic mass is 33.1. The van der Waals surface area contributed by atoms with Crippen molar-refractivity contribution in [3.8, 4) is 0 Å². The van der Waals surface area contributed by atoms with Crippen molar-refractivity contribution in [2.24, 2.45) is 43.3 Å². The predicted molar refractivity (Wildman–Crippen MR) is 560 cm³/mol. The fourth-order valence-electron chi connectivity index (χ4n) is 9.73. The SMILES string of the molecule is CC(C)(CO)[C@@H](O)C(=O)NCCC(=O)NCCSSCCNC(=O)CCNC(=O)[C@H](O)C(C)(C)CO.CC(C)(CO)[C@H](O)C(=O)NCCC(=O)NCCSSCCNC(=O)CCNC(=O)[C@@H](O)C(C)(C)CO.CC(C)(CO)[C@H](O)C(=O)NCCC(=O)NCCSSCCNC(=O)CCNC(=O)[C@H](O)C(C)(C)CO.CC(C)(CO)[C@H](O)C(=O)NCCC(=O)NCCSSCCNC(=O)CCNC(=O)[C@H](O)C(C)(C)CO. The predicted octanol–water partition coefficient (Wildman–Crippen LogP) is -6.51. The molecule has 0 aliphatic carbocycles. The van der Waals surface area contributed by atoms with Crippen LogP contribution in [0.3, 0.4) is 0 Å². The number of nitrogens with one attached hydrogen (secondary N) is 16. The molecule has 0 bridgehead atoms. The summed E-state index contributed by atoms with van der Waals surface area (Å²) in [4.78, 5) is 189. The summed E-state index contributed by atoms with van der Waals surface area (Å²) in [5.74, 6) is -1.71. The van der Waals surface area contributed by atoms with Crippen molar-refractivity contribution in [1.82, 2.24) is 85.1 Å². The van der Waals surface area contributed by atoms with Crippen LogP contribution in [0.15, 0.2) is 0 Å². The second-order valence-electron chi connectivity index (χ2n) is 38.1. The van der Waals surface area contributed by atoms with Gasteiger partial charge in [-0.25, -0.2) is 0 Å². The maximum atomic E-state index is 11.8. The number of carbonyl (C=O) groups is 16. The molecular weight excluding hydrogens is 2050 g/mol. The van der Waals surface area contributed by atoms with Crippen molar-refractivity contribution in [3.63, 3.8) is 0 Å². The van der Waals surface area contributed by atoms with Gasteiger partial charge in [0.25, 0.3) is 0 Å². The summed E-state index contributed by atoms with van der Waals surface area (Å²) in [6.45, 7) is 26.4. The van der Waals surface area contributed by atoms with Gasteiger partial charge in [0.1, 0.15) is 48.8 Å². The van der Waals surface area contributed by atoms with Crippen molar-refractivity contribution >= 4 is 181 Å². The average Bonchev–Trinajstić information content (AvgIpc) is 0.904. The van der Waals surface area contributed by atoms with E-state index in [1.807, 2.05) is 0 Å². The number of amides is 16. The summed E-state index contributed by atoms with van der Waals surface area (Å²) >= 11 is 0. The van der Waals surface area contributed by atoms with E-state index in [2.05, 4.69) is 85.1 Å². The van der Waals surface area contributed by atoms with Gasteiger partial charge in [0.15, 0.2) is 0 Å². The van der Waals surface area contributed by atoms with E-state index in [-0.39, 0.29) is 204 Å².